The van der Waals surface area contributed by atoms with Gasteiger partial charge in [0.05, 0.1) is 12.6 Å². The van der Waals surface area contributed by atoms with Crippen molar-refractivity contribution in [3.05, 3.63) is 36.1 Å². The number of hydrogen-bond donors (Lipinski definition) is 6. The van der Waals surface area contributed by atoms with E-state index in [0.717, 1.165) is 37.0 Å². The van der Waals surface area contributed by atoms with Gasteiger partial charge in [-0.05, 0) is 56.4 Å². The molecule has 7 heteroatoms. The Bertz CT molecular complexity index is 655. The van der Waals surface area contributed by atoms with Crippen LogP contribution in [0.4, 0.5) is 0 Å². The van der Waals surface area contributed by atoms with Crippen LogP contribution in [-0.2, 0) is 4.74 Å². The molecular weight excluding hydrogens is 617 g/mol. The van der Waals surface area contributed by atoms with E-state index in [2.05, 4.69) is 69.2 Å². The Morgan fingerprint density at radius 2 is 1.02 bits per heavy atom. The van der Waals surface area contributed by atoms with Crippen molar-refractivity contribution in [2.24, 2.45) is 58.1 Å². The monoisotopic (exact) mass is 715 g/mol. The van der Waals surface area contributed by atoms with Gasteiger partial charge in [0.2, 0.25) is 0 Å². The maximum absolute atomic E-state index is 6.57. The quantitative estimate of drug-likeness (QED) is 0.0479. The molecule has 12 N–H and O–H groups in total. The Morgan fingerprint density at radius 3 is 1.34 bits per heavy atom. The van der Waals surface area contributed by atoms with Crippen LogP contribution in [0.2, 0.25) is 0 Å². The van der Waals surface area contributed by atoms with Gasteiger partial charge in [-0.2, -0.15) is 0 Å². The third-order valence-electron chi connectivity index (χ3n) is 7.10. The predicted octanol–water partition coefficient (Wildman–Crippen LogP) is 10.2. The predicted molar refractivity (Wildman–Crippen MR) is 232 cm³/mol. The molecule has 0 radical (unpaired) electrons. The van der Waals surface area contributed by atoms with E-state index in [-0.39, 0.29) is 18.1 Å². The van der Waals surface area contributed by atoms with E-state index in [1.165, 1.54) is 64.2 Å². The minimum atomic E-state index is -0.0413. The first-order valence-corrected chi connectivity index (χ1v) is 20.7. The zero-order chi connectivity index (χ0) is 40.2. The van der Waals surface area contributed by atoms with Gasteiger partial charge in [-0.25, -0.2) is 0 Å². The molecule has 0 aromatic heterocycles. The lowest BCUT2D eigenvalue weighted by atomic mass is 9.88. The Labute approximate surface area is 316 Å². The van der Waals surface area contributed by atoms with Gasteiger partial charge in [0.25, 0.3) is 0 Å². The molecule has 6 atom stereocenters. The van der Waals surface area contributed by atoms with Crippen molar-refractivity contribution in [1.82, 2.24) is 0 Å². The first kappa shape index (κ1) is 60.8. The van der Waals surface area contributed by atoms with Gasteiger partial charge in [0.15, 0.2) is 0 Å². The topological polar surface area (TPSA) is 165 Å². The van der Waals surface area contributed by atoms with Crippen LogP contribution in [0, 0.1) is 23.7 Å². The van der Waals surface area contributed by atoms with Crippen molar-refractivity contribution in [1.29, 1.82) is 0 Å². The Hall–Kier alpha value is -1.22. The largest absolute Gasteiger partial charge is 0.496 e. The molecule has 0 saturated heterocycles. The second-order valence-electron chi connectivity index (χ2n) is 14.0. The standard InChI is InChI=1S/C25H52N2O.C5H12N2.C4H10N2.C4H10.C3H8.C2H6/c1-7-11-13-22(9-3)16-15-20(5)17-24(27)25(18-21(6)26)28-19-23(10-4)14-12-8-2;1-5(7)3-2-4-6;5-3-1-2-4-6;1-4(2)3;1-3-2;1-2/h18,20-24H,7-17,19,26-27H2,1-6H3;2-3,5H,4,6-7H2,1H3;1-2H,3-6H2;4H,1-3H3;3H2,1-2H3;1-2H3/b25-18+;3-2-;2-1-;;;. The number of ether oxygens (including phenoxy) is 1. The molecule has 0 aromatic carbocycles. The molecule has 0 rings (SSSR count). The van der Waals surface area contributed by atoms with Crippen LogP contribution in [0.1, 0.15) is 174 Å². The Morgan fingerprint density at radius 1 is 0.600 bits per heavy atom. The summed E-state index contributed by atoms with van der Waals surface area (Å²) in [4.78, 5) is 0. The van der Waals surface area contributed by atoms with E-state index in [0.29, 0.717) is 31.5 Å². The fourth-order valence-corrected chi connectivity index (χ4v) is 4.37. The van der Waals surface area contributed by atoms with Gasteiger partial charge in [0.1, 0.15) is 5.76 Å². The lowest BCUT2D eigenvalue weighted by Crippen LogP contribution is -2.29. The second-order valence-corrected chi connectivity index (χ2v) is 14.0. The molecule has 0 aliphatic carbocycles. The first-order valence-electron chi connectivity index (χ1n) is 20.7. The second kappa shape index (κ2) is 52.1. The number of unbranched alkanes of at least 4 members (excludes halogenated alkanes) is 2. The van der Waals surface area contributed by atoms with E-state index >= 15 is 0 Å². The summed E-state index contributed by atoms with van der Waals surface area (Å²) in [6.07, 6.45) is 24.5. The van der Waals surface area contributed by atoms with Crippen molar-refractivity contribution < 1.29 is 4.74 Å². The number of hydrogen-bond acceptors (Lipinski definition) is 7. The normalized spacial score (nSPS) is 14.5. The Kier molecular flexibility index (Phi) is 63.5. The van der Waals surface area contributed by atoms with Crippen LogP contribution in [0.25, 0.3) is 0 Å². The van der Waals surface area contributed by atoms with Crippen molar-refractivity contribution in [3.8, 4) is 0 Å². The smallest absolute Gasteiger partial charge is 0.110 e. The maximum atomic E-state index is 6.57. The van der Waals surface area contributed by atoms with Crippen molar-refractivity contribution in [2.75, 3.05) is 26.2 Å². The van der Waals surface area contributed by atoms with E-state index in [4.69, 9.17) is 39.1 Å². The number of nitrogens with two attached hydrogens (primary N) is 6. The minimum Gasteiger partial charge on any atom is -0.496 e. The van der Waals surface area contributed by atoms with Crippen LogP contribution >= 0.6 is 0 Å². The van der Waals surface area contributed by atoms with Gasteiger partial charge in [-0.1, -0.05) is 172 Å². The van der Waals surface area contributed by atoms with Crippen LogP contribution < -0.4 is 34.4 Å². The molecular formula is C43H98N6O. The average molecular weight is 715 g/mol. The summed E-state index contributed by atoms with van der Waals surface area (Å²) >= 11 is 0. The molecule has 0 aliphatic heterocycles. The molecule has 0 aliphatic rings. The average Bonchev–Trinajstić information content (AvgIpc) is 3.07. The molecule has 0 spiro atoms. The summed E-state index contributed by atoms with van der Waals surface area (Å²) in [5, 5.41) is 0. The lowest BCUT2D eigenvalue weighted by molar-refractivity contribution is 0.137. The van der Waals surface area contributed by atoms with Gasteiger partial charge < -0.3 is 39.1 Å². The number of rotatable bonds is 22. The highest BCUT2D eigenvalue weighted by Crippen LogP contribution is 2.25. The molecule has 50 heavy (non-hydrogen) atoms. The molecule has 0 bridgehead atoms. The zero-order valence-electron chi connectivity index (χ0n) is 36.6. The molecule has 0 fully saturated rings. The van der Waals surface area contributed by atoms with Crippen LogP contribution in [0.5, 0.6) is 0 Å². The minimum absolute atomic E-state index is 0.0226. The maximum Gasteiger partial charge on any atom is 0.110 e. The van der Waals surface area contributed by atoms with Gasteiger partial charge in [-0.15, -0.1) is 0 Å². The highest BCUT2D eigenvalue weighted by Gasteiger charge is 2.18. The molecule has 6 unspecified atom stereocenters. The molecule has 306 valence electrons. The lowest BCUT2D eigenvalue weighted by Gasteiger charge is -2.24. The fraction of sp³-hybridized carbons (Fsp3) is 0.860. The third-order valence-corrected chi connectivity index (χ3v) is 7.10. The molecule has 0 saturated carbocycles. The first-order chi connectivity index (χ1) is 23.7. The summed E-state index contributed by atoms with van der Waals surface area (Å²) in [6.45, 7) is 32.7. The highest BCUT2D eigenvalue weighted by atomic mass is 16.5. The van der Waals surface area contributed by atoms with Crippen LogP contribution in [0.3, 0.4) is 0 Å². The SMILES string of the molecule is CC.CC(C)C.CC(N)/C=C\CN.CCC.CCCCC(CC)CCC(C)CC(N)/C(=C\C(C)N)OCC(CC)CCCC.NC/C=C\CN. The highest BCUT2D eigenvalue weighted by molar-refractivity contribution is 5.06. The van der Waals surface area contributed by atoms with E-state index in [1.54, 1.807) is 0 Å². The van der Waals surface area contributed by atoms with Gasteiger partial charge >= 0.3 is 0 Å². The van der Waals surface area contributed by atoms with E-state index in [9.17, 15) is 0 Å². The van der Waals surface area contributed by atoms with E-state index in [1.807, 2.05) is 58.1 Å². The van der Waals surface area contributed by atoms with E-state index < -0.39 is 0 Å². The summed E-state index contributed by atoms with van der Waals surface area (Å²) in [5.74, 6) is 3.85. The van der Waals surface area contributed by atoms with Crippen molar-refractivity contribution in [2.45, 2.75) is 192 Å². The van der Waals surface area contributed by atoms with Gasteiger partial charge in [-0.3, -0.25) is 0 Å². The van der Waals surface area contributed by atoms with Crippen LogP contribution in [0.15, 0.2) is 36.1 Å². The Balaban J connectivity index is -0.000000177. The zero-order valence-corrected chi connectivity index (χ0v) is 36.6. The fourth-order valence-electron chi connectivity index (χ4n) is 4.37. The van der Waals surface area contributed by atoms with Crippen molar-refractivity contribution >= 4 is 0 Å². The van der Waals surface area contributed by atoms with Gasteiger partial charge in [0, 0.05) is 31.7 Å². The summed E-state index contributed by atoms with van der Waals surface area (Å²) in [7, 11) is 0. The van der Waals surface area contributed by atoms with Crippen molar-refractivity contribution in [3.63, 3.8) is 0 Å². The third kappa shape index (κ3) is 62.0. The van der Waals surface area contributed by atoms with Crippen LogP contribution in [-0.4, -0.2) is 44.4 Å². The molecule has 7 nitrogen and oxygen atoms in total. The molecule has 0 heterocycles. The summed E-state index contributed by atoms with van der Waals surface area (Å²) < 4.78 is 6.22. The molecule has 0 amide bonds. The summed E-state index contributed by atoms with van der Waals surface area (Å²) in [5.41, 5.74) is 33.2. The molecule has 0 aromatic rings. The summed E-state index contributed by atoms with van der Waals surface area (Å²) in [6, 6.07) is 0.0783.